The van der Waals surface area contributed by atoms with Crippen LogP contribution in [0.4, 0.5) is 0 Å². The molecule has 1 amide bonds. The smallest absolute Gasteiger partial charge is 0.233 e. The number of aromatic nitrogens is 3. The van der Waals surface area contributed by atoms with E-state index in [-0.39, 0.29) is 11.8 Å². The fourth-order valence-electron chi connectivity index (χ4n) is 3.43. The molecule has 0 aliphatic carbocycles. The number of methoxy groups -OCH3 is 1. The number of rotatable bonds is 6. The highest BCUT2D eigenvalue weighted by Crippen LogP contribution is 2.31. The standard InChI is InChI=1S/C20H22N4O4/c1-12-15(13(2)27-22-12)8-9-18(25)24-10-14(11-24)20-21-19(23-28-20)16-6-4-5-7-17(16)26-3/h4-7,14H,8-11H2,1-3H3. The first-order valence-electron chi connectivity index (χ1n) is 9.23. The summed E-state index contributed by atoms with van der Waals surface area (Å²) in [6.07, 6.45) is 1.07. The molecule has 0 unspecified atom stereocenters. The van der Waals surface area contributed by atoms with Crippen molar-refractivity contribution in [2.45, 2.75) is 32.6 Å². The number of benzene rings is 1. The molecule has 1 aromatic carbocycles. The second-order valence-corrected chi connectivity index (χ2v) is 6.95. The van der Waals surface area contributed by atoms with Crippen LogP contribution in [0.1, 0.15) is 35.2 Å². The van der Waals surface area contributed by atoms with Crippen molar-refractivity contribution in [3.05, 3.63) is 47.2 Å². The predicted octanol–water partition coefficient (Wildman–Crippen LogP) is 2.91. The largest absolute Gasteiger partial charge is 0.496 e. The third-order valence-corrected chi connectivity index (χ3v) is 5.14. The molecule has 0 radical (unpaired) electrons. The first kappa shape index (κ1) is 18.2. The molecule has 8 heteroatoms. The maximum absolute atomic E-state index is 12.4. The molecular formula is C20H22N4O4. The molecule has 8 nitrogen and oxygen atoms in total. The molecule has 4 rings (SSSR count). The zero-order valence-corrected chi connectivity index (χ0v) is 16.1. The van der Waals surface area contributed by atoms with Gasteiger partial charge in [-0.25, -0.2) is 0 Å². The van der Waals surface area contributed by atoms with Crippen molar-refractivity contribution in [2.75, 3.05) is 20.2 Å². The summed E-state index contributed by atoms with van der Waals surface area (Å²) >= 11 is 0. The Morgan fingerprint density at radius 2 is 2.00 bits per heavy atom. The van der Waals surface area contributed by atoms with Crippen LogP contribution in [0.2, 0.25) is 0 Å². The Kier molecular flexibility index (Phi) is 4.85. The number of para-hydroxylation sites is 1. The van der Waals surface area contributed by atoms with E-state index in [1.807, 2.05) is 43.0 Å². The Morgan fingerprint density at radius 1 is 1.21 bits per heavy atom. The van der Waals surface area contributed by atoms with E-state index in [4.69, 9.17) is 13.8 Å². The number of likely N-dealkylation sites (tertiary alicyclic amines) is 1. The van der Waals surface area contributed by atoms with Gasteiger partial charge in [-0.3, -0.25) is 4.79 Å². The van der Waals surface area contributed by atoms with E-state index in [9.17, 15) is 4.79 Å². The number of carbonyl (C=O) groups is 1. The lowest BCUT2D eigenvalue weighted by molar-refractivity contribution is -0.135. The fourth-order valence-corrected chi connectivity index (χ4v) is 3.43. The minimum Gasteiger partial charge on any atom is -0.496 e. The molecule has 0 saturated carbocycles. The van der Waals surface area contributed by atoms with Crippen LogP contribution in [0.15, 0.2) is 33.3 Å². The molecular weight excluding hydrogens is 360 g/mol. The molecule has 0 N–H and O–H groups in total. The van der Waals surface area contributed by atoms with Crippen molar-refractivity contribution in [3.8, 4) is 17.1 Å². The molecule has 1 fully saturated rings. The average molecular weight is 382 g/mol. The minimum atomic E-state index is 0.0685. The van der Waals surface area contributed by atoms with Gasteiger partial charge in [0.2, 0.25) is 17.6 Å². The van der Waals surface area contributed by atoms with Gasteiger partial charge >= 0.3 is 0 Å². The summed E-state index contributed by atoms with van der Waals surface area (Å²) in [7, 11) is 1.61. The Hall–Kier alpha value is -3.16. The molecule has 3 heterocycles. The van der Waals surface area contributed by atoms with E-state index in [1.165, 1.54) is 0 Å². The van der Waals surface area contributed by atoms with Crippen molar-refractivity contribution < 1.29 is 18.6 Å². The Bertz CT molecular complexity index is 968. The van der Waals surface area contributed by atoms with Crippen LogP contribution in [0, 0.1) is 13.8 Å². The molecule has 1 aliphatic rings. The van der Waals surface area contributed by atoms with Gasteiger partial charge in [0, 0.05) is 25.1 Å². The number of hydrogen-bond acceptors (Lipinski definition) is 7. The highest BCUT2D eigenvalue weighted by atomic mass is 16.5. The van der Waals surface area contributed by atoms with Crippen LogP contribution in [0.3, 0.4) is 0 Å². The van der Waals surface area contributed by atoms with E-state index in [0.29, 0.717) is 43.4 Å². The van der Waals surface area contributed by atoms with Crippen molar-refractivity contribution >= 4 is 5.91 Å². The van der Waals surface area contributed by atoms with Crippen LogP contribution in [0.25, 0.3) is 11.4 Å². The van der Waals surface area contributed by atoms with Gasteiger partial charge < -0.3 is 18.7 Å². The summed E-state index contributed by atoms with van der Waals surface area (Å²) in [6.45, 7) is 4.95. The van der Waals surface area contributed by atoms with E-state index >= 15 is 0 Å². The zero-order chi connectivity index (χ0) is 19.7. The number of hydrogen-bond donors (Lipinski definition) is 0. The monoisotopic (exact) mass is 382 g/mol. The second-order valence-electron chi connectivity index (χ2n) is 6.95. The maximum atomic E-state index is 12.4. The first-order chi connectivity index (χ1) is 13.6. The van der Waals surface area contributed by atoms with Crippen molar-refractivity contribution in [2.24, 2.45) is 0 Å². The summed E-state index contributed by atoms with van der Waals surface area (Å²) in [5.74, 6) is 2.70. The molecule has 0 bridgehead atoms. The van der Waals surface area contributed by atoms with Gasteiger partial charge in [-0.2, -0.15) is 4.98 Å². The maximum Gasteiger partial charge on any atom is 0.233 e. The molecule has 0 atom stereocenters. The second kappa shape index (κ2) is 7.46. The molecule has 0 spiro atoms. The molecule has 1 aliphatic heterocycles. The summed E-state index contributed by atoms with van der Waals surface area (Å²) in [4.78, 5) is 18.7. The van der Waals surface area contributed by atoms with Crippen molar-refractivity contribution in [3.63, 3.8) is 0 Å². The van der Waals surface area contributed by atoms with Gasteiger partial charge in [0.25, 0.3) is 0 Å². The Balaban J connectivity index is 1.34. The molecule has 146 valence electrons. The van der Waals surface area contributed by atoms with Crippen LogP contribution in [0.5, 0.6) is 5.75 Å². The van der Waals surface area contributed by atoms with Crippen molar-refractivity contribution in [1.29, 1.82) is 0 Å². The number of ether oxygens (including phenoxy) is 1. The van der Waals surface area contributed by atoms with Gasteiger partial charge in [0.05, 0.1) is 24.3 Å². The van der Waals surface area contributed by atoms with Crippen LogP contribution < -0.4 is 4.74 Å². The minimum absolute atomic E-state index is 0.0685. The average Bonchev–Trinajstić information content (AvgIpc) is 3.26. The third kappa shape index (κ3) is 3.37. The van der Waals surface area contributed by atoms with Gasteiger partial charge in [-0.15, -0.1) is 0 Å². The van der Waals surface area contributed by atoms with Crippen molar-refractivity contribution in [1.82, 2.24) is 20.2 Å². The van der Waals surface area contributed by atoms with E-state index in [1.54, 1.807) is 7.11 Å². The van der Waals surface area contributed by atoms with E-state index in [0.717, 1.165) is 22.6 Å². The number of aryl methyl sites for hydroxylation is 2. The predicted molar refractivity (Wildman–Crippen MR) is 99.9 cm³/mol. The SMILES string of the molecule is COc1ccccc1-c1noc(C2CN(C(=O)CCc3c(C)noc3C)C2)n1. The fraction of sp³-hybridized carbons (Fsp3) is 0.400. The molecule has 2 aromatic heterocycles. The Morgan fingerprint density at radius 3 is 2.71 bits per heavy atom. The topological polar surface area (TPSA) is 94.5 Å². The number of amides is 1. The van der Waals surface area contributed by atoms with Gasteiger partial charge in [-0.05, 0) is 32.4 Å². The van der Waals surface area contributed by atoms with E-state index < -0.39 is 0 Å². The zero-order valence-electron chi connectivity index (χ0n) is 16.1. The quantitative estimate of drug-likeness (QED) is 0.647. The van der Waals surface area contributed by atoms with Crippen LogP contribution >= 0.6 is 0 Å². The lowest BCUT2D eigenvalue weighted by Crippen LogP contribution is -2.48. The number of carbonyl (C=O) groups excluding carboxylic acids is 1. The molecule has 3 aromatic rings. The van der Waals surface area contributed by atoms with E-state index in [2.05, 4.69) is 15.3 Å². The van der Waals surface area contributed by atoms with Gasteiger partial charge in [0.1, 0.15) is 11.5 Å². The number of nitrogens with zero attached hydrogens (tertiary/aromatic N) is 4. The summed E-state index contributed by atoms with van der Waals surface area (Å²) in [6, 6.07) is 7.53. The summed E-state index contributed by atoms with van der Waals surface area (Å²) in [5, 5.41) is 8.00. The summed E-state index contributed by atoms with van der Waals surface area (Å²) < 4.78 is 15.9. The summed E-state index contributed by atoms with van der Waals surface area (Å²) in [5.41, 5.74) is 2.65. The molecule has 28 heavy (non-hydrogen) atoms. The molecule has 1 saturated heterocycles. The third-order valence-electron chi connectivity index (χ3n) is 5.14. The van der Waals surface area contributed by atoms with Gasteiger partial charge in [-0.1, -0.05) is 22.4 Å². The van der Waals surface area contributed by atoms with Gasteiger partial charge in [0.15, 0.2) is 0 Å². The van der Waals surface area contributed by atoms with Crippen LogP contribution in [-0.2, 0) is 11.2 Å². The highest BCUT2D eigenvalue weighted by Gasteiger charge is 2.35. The highest BCUT2D eigenvalue weighted by molar-refractivity contribution is 5.77. The lowest BCUT2D eigenvalue weighted by atomic mass is 9.98. The normalized spacial score (nSPS) is 14.2. The van der Waals surface area contributed by atoms with Crippen LogP contribution in [-0.4, -0.2) is 46.3 Å². The Labute approximate surface area is 162 Å². The first-order valence-corrected chi connectivity index (χ1v) is 9.23. The lowest BCUT2D eigenvalue weighted by Gasteiger charge is -2.37.